The van der Waals surface area contributed by atoms with E-state index in [2.05, 4.69) is 10.3 Å². The Hall–Kier alpha value is -2.81. The second-order valence-electron chi connectivity index (χ2n) is 6.47. The molecule has 0 spiro atoms. The second kappa shape index (κ2) is 7.67. The van der Waals surface area contributed by atoms with E-state index in [0.29, 0.717) is 22.2 Å². The zero-order valence-corrected chi connectivity index (χ0v) is 15.7. The summed E-state index contributed by atoms with van der Waals surface area (Å²) in [4.78, 5) is 14.6. The van der Waals surface area contributed by atoms with E-state index in [0.717, 1.165) is 12.3 Å². The number of halogens is 3. The number of benzene rings is 2. The van der Waals surface area contributed by atoms with E-state index >= 15 is 0 Å². The molecule has 1 aromatic heterocycles. The van der Waals surface area contributed by atoms with Crippen LogP contribution in [0, 0.1) is 17.5 Å². The maximum atomic E-state index is 14.2. The van der Waals surface area contributed by atoms with Gasteiger partial charge in [-0.1, -0.05) is 0 Å². The summed E-state index contributed by atoms with van der Waals surface area (Å²) in [6.07, 6.45) is 1.13. The van der Waals surface area contributed by atoms with Gasteiger partial charge in [-0.3, -0.25) is 4.79 Å². The predicted octanol–water partition coefficient (Wildman–Crippen LogP) is 2.96. The van der Waals surface area contributed by atoms with E-state index in [9.17, 15) is 26.4 Å². The molecule has 1 heterocycles. The molecule has 0 bridgehead atoms. The summed E-state index contributed by atoms with van der Waals surface area (Å²) < 4.78 is 63.5. The minimum Gasteiger partial charge on any atom is -0.355 e. The van der Waals surface area contributed by atoms with Crippen molar-refractivity contribution >= 4 is 26.6 Å². The third-order valence-electron chi connectivity index (χ3n) is 4.16. The van der Waals surface area contributed by atoms with Crippen molar-refractivity contribution < 1.29 is 26.4 Å². The van der Waals surface area contributed by atoms with Gasteiger partial charge in [-0.05, 0) is 47.9 Å². The standard InChI is InChI=1S/C19H17F3N2O3S/c1-28(26,27)10-17(25)23-7-6-14-15-8-13(21)9-16(22)19(15)24-18(14)11-2-4-12(20)5-3-11/h2-5,8-9,24H,6-7,10H2,1H3,(H,23,25). The van der Waals surface area contributed by atoms with Crippen LogP contribution in [0.15, 0.2) is 36.4 Å². The molecular formula is C19H17F3N2O3S. The van der Waals surface area contributed by atoms with Crippen LogP contribution < -0.4 is 5.32 Å². The zero-order chi connectivity index (χ0) is 20.5. The van der Waals surface area contributed by atoms with Crippen molar-refractivity contribution in [1.29, 1.82) is 0 Å². The number of nitrogens with one attached hydrogen (secondary N) is 2. The van der Waals surface area contributed by atoms with Crippen molar-refractivity contribution in [3.8, 4) is 11.3 Å². The molecule has 0 saturated carbocycles. The first-order valence-corrected chi connectivity index (χ1v) is 10.4. The van der Waals surface area contributed by atoms with Crippen LogP contribution in [0.5, 0.6) is 0 Å². The van der Waals surface area contributed by atoms with Crippen LogP contribution in [0.2, 0.25) is 0 Å². The average Bonchev–Trinajstić information content (AvgIpc) is 2.93. The maximum absolute atomic E-state index is 14.2. The zero-order valence-electron chi connectivity index (χ0n) is 14.9. The first-order valence-electron chi connectivity index (χ1n) is 8.34. The van der Waals surface area contributed by atoms with Crippen molar-refractivity contribution in [3.05, 3.63) is 59.4 Å². The lowest BCUT2D eigenvalue weighted by Gasteiger charge is -2.07. The van der Waals surface area contributed by atoms with Gasteiger partial charge in [-0.25, -0.2) is 21.6 Å². The molecule has 2 N–H and O–H groups in total. The summed E-state index contributed by atoms with van der Waals surface area (Å²) in [6, 6.07) is 7.42. The molecular weight excluding hydrogens is 393 g/mol. The molecule has 3 rings (SSSR count). The van der Waals surface area contributed by atoms with E-state index in [-0.39, 0.29) is 18.5 Å². The highest BCUT2D eigenvalue weighted by Crippen LogP contribution is 2.32. The first kappa shape index (κ1) is 19.9. The lowest BCUT2D eigenvalue weighted by Crippen LogP contribution is -2.31. The van der Waals surface area contributed by atoms with E-state index in [1.165, 1.54) is 30.3 Å². The topological polar surface area (TPSA) is 79.0 Å². The summed E-state index contributed by atoms with van der Waals surface area (Å²) in [5, 5.41) is 2.78. The Morgan fingerprint density at radius 1 is 1.07 bits per heavy atom. The van der Waals surface area contributed by atoms with Gasteiger partial charge < -0.3 is 10.3 Å². The summed E-state index contributed by atoms with van der Waals surface area (Å²) in [7, 11) is -3.46. The van der Waals surface area contributed by atoms with Crippen LogP contribution >= 0.6 is 0 Å². The molecule has 0 radical (unpaired) electrons. The number of rotatable bonds is 6. The Morgan fingerprint density at radius 2 is 1.75 bits per heavy atom. The van der Waals surface area contributed by atoms with Gasteiger partial charge in [0.05, 0.1) is 5.52 Å². The molecule has 0 aliphatic rings. The Balaban J connectivity index is 1.95. The fraction of sp³-hybridized carbons (Fsp3) is 0.211. The van der Waals surface area contributed by atoms with Gasteiger partial charge in [0.1, 0.15) is 23.2 Å². The van der Waals surface area contributed by atoms with Crippen molar-refractivity contribution in [1.82, 2.24) is 10.3 Å². The molecule has 148 valence electrons. The van der Waals surface area contributed by atoms with Gasteiger partial charge in [0.15, 0.2) is 9.84 Å². The molecule has 0 saturated heterocycles. The smallest absolute Gasteiger partial charge is 0.235 e. The Labute approximate surface area is 159 Å². The third-order valence-corrected chi connectivity index (χ3v) is 4.94. The van der Waals surface area contributed by atoms with Gasteiger partial charge in [-0.2, -0.15) is 0 Å². The normalized spacial score (nSPS) is 11.7. The summed E-state index contributed by atoms with van der Waals surface area (Å²) in [5.74, 6) is -3.27. The molecule has 5 nitrogen and oxygen atoms in total. The molecule has 9 heteroatoms. The molecule has 0 aliphatic heterocycles. The molecule has 3 aromatic rings. The van der Waals surface area contributed by atoms with Gasteiger partial charge in [0.25, 0.3) is 0 Å². The molecule has 1 amide bonds. The van der Waals surface area contributed by atoms with E-state index in [1.54, 1.807) is 0 Å². The van der Waals surface area contributed by atoms with Gasteiger partial charge in [0, 0.05) is 29.9 Å². The maximum Gasteiger partial charge on any atom is 0.235 e. The van der Waals surface area contributed by atoms with E-state index in [1.807, 2.05) is 0 Å². The number of amides is 1. The molecule has 0 atom stereocenters. The summed E-state index contributed by atoms with van der Waals surface area (Å²) >= 11 is 0. The lowest BCUT2D eigenvalue weighted by molar-refractivity contribution is -0.118. The van der Waals surface area contributed by atoms with E-state index < -0.39 is 38.9 Å². The number of fused-ring (bicyclic) bond motifs is 1. The SMILES string of the molecule is CS(=O)(=O)CC(=O)NCCc1c(-c2ccc(F)cc2)[nH]c2c(F)cc(F)cc12. The number of hydrogen-bond donors (Lipinski definition) is 2. The molecule has 0 fully saturated rings. The van der Waals surface area contributed by atoms with Crippen molar-refractivity contribution in [2.75, 3.05) is 18.6 Å². The summed E-state index contributed by atoms with van der Waals surface area (Å²) in [6.45, 7) is 0.0631. The van der Waals surface area contributed by atoms with E-state index in [4.69, 9.17) is 0 Å². The molecule has 28 heavy (non-hydrogen) atoms. The highest BCUT2D eigenvalue weighted by Gasteiger charge is 2.18. The third kappa shape index (κ3) is 4.53. The minimum atomic E-state index is -3.46. The predicted molar refractivity (Wildman–Crippen MR) is 100 cm³/mol. The number of aromatic amines is 1. The highest BCUT2D eigenvalue weighted by molar-refractivity contribution is 7.91. The number of carbonyl (C=O) groups excluding carboxylic acids is 1. The second-order valence-corrected chi connectivity index (χ2v) is 8.61. The molecule has 2 aromatic carbocycles. The van der Waals surface area contributed by atoms with Gasteiger partial charge in [0.2, 0.25) is 5.91 Å². The fourth-order valence-electron chi connectivity index (χ4n) is 3.01. The average molecular weight is 410 g/mol. The first-order chi connectivity index (χ1) is 13.1. The van der Waals surface area contributed by atoms with Gasteiger partial charge in [-0.15, -0.1) is 0 Å². The fourth-order valence-corrected chi connectivity index (χ4v) is 3.59. The van der Waals surface area contributed by atoms with Crippen LogP contribution in [0.1, 0.15) is 5.56 Å². The largest absolute Gasteiger partial charge is 0.355 e. The number of carbonyl (C=O) groups is 1. The van der Waals surface area contributed by atoms with Crippen molar-refractivity contribution in [3.63, 3.8) is 0 Å². The number of H-pyrrole nitrogens is 1. The number of aromatic nitrogens is 1. The Morgan fingerprint density at radius 3 is 2.39 bits per heavy atom. The highest BCUT2D eigenvalue weighted by atomic mass is 32.2. The van der Waals surface area contributed by atoms with Crippen LogP contribution in [-0.4, -0.2) is 37.9 Å². The Kier molecular flexibility index (Phi) is 5.46. The van der Waals surface area contributed by atoms with Crippen LogP contribution in [0.4, 0.5) is 13.2 Å². The quantitative estimate of drug-likeness (QED) is 0.656. The monoisotopic (exact) mass is 410 g/mol. The number of sulfone groups is 1. The number of hydrogen-bond acceptors (Lipinski definition) is 3. The summed E-state index contributed by atoms with van der Waals surface area (Å²) in [5.41, 5.74) is 1.66. The lowest BCUT2D eigenvalue weighted by atomic mass is 10.0. The van der Waals surface area contributed by atoms with Crippen LogP contribution in [0.25, 0.3) is 22.2 Å². The van der Waals surface area contributed by atoms with Crippen LogP contribution in [0.3, 0.4) is 0 Å². The van der Waals surface area contributed by atoms with Crippen molar-refractivity contribution in [2.45, 2.75) is 6.42 Å². The molecule has 0 aliphatic carbocycles. The molecule has 0 unspecified atom stereocenters. The van der Waals surface area contributed by atoms with Crippen molar-refractivity contribution in [2.24, 2.45) is 0 Å². The Bertz CT molecular complexity index is 1140. The van der Waals surface area contributed by atoms with Gasteiger partial charge >= 0.3 is 0 Å². The van der Waals surface area contributed by atoms with Crippen LogP contribution in [-0.2, 0) is 21.1 Å². The minimum absolute atomic E-state index is 0.0631.